The van der Waals surface area contributed by atoms with Crippen LogP contribution in [0.25, 0.3) is 21.6 Å². The Morgan fingerprint density at radius 2 is 2.17 bits per heavy atom. The number of aryl methyl sites for hydroxylation is 1. The first-order valence-corrected chi connectivity index (χ1v) is 12.2. The normalized spacial score (nSPS) is 16.7. The maximum atomic E-state index is 6.37. The van der Waals surface area contributed by atoms with Crippen LogP contribution < -0.4 is 0 Å². The number of nitrogens with zero attached hydrogens (tertiary/aromatic N) is 6. The fourth-order valence-corrected chi connectivity index (χ4v) is 7.03. The summed E-state index contributed by atoms with van der Waals surface area (Å²) in [6.45, 7) is 2.32. The summed E-state index contributed by atoms with van der Waals surface area (Å²) in [7, 11) is 0. The molecular weight excluding hydrogens is 459 g/mol. The third kappa shape index (κ3) is 2.85. The monoisotopic (exact) mass is 474 g/mol. The Kier molecular flexibility index (Phi) is 4.46. The Morgan fingerprint density at radius 1 is 1.27 bits per heavy atom. The second-order valence-electron chi connectivity index (χ2n) is 7.67. The summed E-state index contributed by atoms with van der Waals surface area (Å²) < 4.78 is 3.93. The molecule has 1 aliphatic carbocycles. The van der Waals surface area contributed by atoms with Crippen LogP contribution in [-0.2, 0) is 18.6 Å². The van der Waals surface area contributed by atoms with Crippen LogP contribution in [0.3, 0.4) is 0 Å². The Hall–Kier alpha value is -1.87. The highest BCUT2D eigenvalue weighted by Crippen LogP contribution is 2.41. The van der Waals surface area contributed by atoms with Gasteiger partial charge in [0.05, 0.1) is 5.39 Å². The lowest BCUT2D eigenvalue weighted by Crippen LogP contribution is -2.09. The van der Waals surface area contributed by atoms with Gasteiger partial charge in [0.25, 0.3) is 5.78 Å². The summed E-state index contributed by atoms with van der Waals surface area (Å²) in [6.07, 6.45) is 5.02. The summed E-state index contributed by atoms with van der Waals surface area (Å²) >= 11 is 15.8. The highest BCUT2D eigenvalue weighted by atomic mass is 35.5. The van der Waals surface area contributed by atoms with Gasteiger partial charge >= 0.3 is 0 Å². The molecule has 5 aromatic rings. The van der Waals surface area contributed by atoms with E-state index in [0.29, 0.717) is 27.5 Å². The van der Waals surface area contributed by atoms with E-state index >= 15 is 0 Å². The average molecular weight is 475 g/mol. The lowest BCUT2D eigenvalue weighted by Gasteiger charge is -2.17. The SMILES string of the molecule is CC1CCc2sc3c(c2C1)c1ncnn1c1nnc(SCc2ccc(Cl)cc2Cl)n31. The van der Waals surface area contributed by atoms with Crippen LogP contribution in [0.2, 0.25) is 10.0 Å². The van der Waals surface area contributed by atoms with Crippen molar-refractivity contribution in [2.45, 2.75) is 37.1 Å². The van der Waals surface area contributed by atoms with Crippen LogP contribution in [0.15, 0.2) is 29.7 Å². The van der Waals surface area contributed by atoms with Gasteiger partial charge in [-0.05, 0) is 48.4 Å². The molecule has 0 saturated carbocycles. The molecule has 0 amide bonds. The van der Waals surface area contributed by atoms with Gasteiger partial charge in [0.1, 0.15) is 11.2 Å². The molecule has 10 heteroatoms. The zero-order valence-corrected chi connectivity index (χ0v) is 19.1. The first-order chi connectivity index (χ1) is 14.6. The highest BCUT2D eigenvalue weighted by molar-refractivity contribution is 7.98. The molecule has 0 radical (unpaired) electrons. The van der Waals surface area contributed by atoms with Gasteiger partial charge < -0.3 is 0 Å². The lowest BCUT2D eigenvalue weighted by molar-refractivity contribution is 0.508. The van der Waals surface area contributed by atoms with Crippen molar-refractivity contribution >= 4 is 67.9 Å². The number of aromatic nitrogens is 6. The van der Waals surface area contributed by atoms with Crippen LogP contribution in [0.1, 0.15) is 29.3 Å². The maximum Gasteiger partial charge on any atom is 0.260 e. The third-order valence-corrected chi connectivity index (χ3v) is 8.48. The molecule has 1 aromatic carbocycles. The summed E-state index contributed by atoms with van der Waals surface area (Å²) in [5, 5.41) is 16.7. The molecule has 6 nitrogen and oxygen atoms in total. The van der Waals surface area contributed by atoms with Crippen molar-refractivity contribution in [2.24, 2.45) is 5.92 Å². The van der Waals surface area contributed by atoms with Crippen LogP contribution >= 0.6 is 46.3 Å². The quantitative estimate of drug-likeness (QED) is 0.313. The molecule has 6 rings (SSSR count). The van der Waals surface area contributed by atoms with Crippen molar-refractivity contribution in [3.8, 4) is 0 Å². The topological polar surface area (TPSA) is 60.4 Å². The average Bonchev–Trinajstić information content (AvgIpc) is 3.42. The largest absolute Gasteiger partial charge is 0.260 e. The molecule has 0 N–H and O–H groups in total. The Balaban J connectivity index is 1.53. The number of halogens is 2. The van der Waals surface area contributed by atoms with Gasteiger partial charge in [-0.15, -0.1) is 21.5 Å². The van der Waals surface area contributed by atoms with E-state index < -0.39 is 0 Å². The molecule has 0 fully saturated rings. The number of thiophene rings is 1. The van der Waals surface area contributed by atoms with E-state index in [4.69, 9.17) is 23.2 Å². The molecule has 152 valence electrons. The van der Waals surface area contributed by atoms with E-state index in [1.165, 1.54) is 22.2 Å². The molecule has 1 aliphatic rings. The van der Waals surface area contributed by atoms with Gasteiger partial charge in [-0.25, -0.2) is 9.38 Å². The van der Waals surface area contributed by atoms with Gasteiger partial charge in [-0.3, -0.25) is 0 Å². The van der Waals surface area contributed by atoms with E-state index in [1.54, 1.807) is 28.7 Å². The molecule has 1 unspecified atom stereocenters. The Bertz CT molecular complexity index is 1440. The van der Waals surface area contributed by atoms with E-state index in [9.17, 15) is 0 Å². The molecule has 0 saturated heterocycles. The Morgan fingerprint density at radius 3 is 3.03 bits per heavy atom. The van der Waals surface area contributed by atoms with Gasteiger partial charge in [0.15, 0.2) is 10.8 Å². The van der Waals surface area contributed by atoms with E-state index in [-0.39, 0.29) is 0 Å². The van der Waals surface area contributed by atoms with Crippen molar-refractivity contribution in [3.05, 3.63) is 50.6 Å². The molecule has 1 atom stereocenters. The molecular formula is C20H16Cl2N6S2. The number of fused-ring (bicyclic) bond motifs is 8. The zero-order chi connectivity index (χ0) is 20.4. The molecule has 4 heterocycles. The molecule has 0 spiro atoms. The Labute approximate surface area is 190 Å². The van der Waals surface area contributed by atoms with Crippen molar-refractivity contribution in [1.29, 1.82) is 0 Å². The minimum Gasteiger partial charge on any atom is -0.244 e. The van der Waals surface area contributed by atoms with Crippen LogP contribution in [0.5, 0.6) is 0 Å². The predicted octanol–water partition coefficient (Wildman–Crippen LogP) is 5.71. The summed E-state index contributed by atoms with van der Waals surface area (Å²) in [4.78, 5) is 7.17. The van der Waals surface area contributed by atoms with Crippen LogP contribution in [-0.4, -0.2) is 29.2 Å². The van der Waals surface area contributed by atoms with Gasteiger partial charge in [-0.1, -0.05) is 48.0 Å². The third-order valence-electron chi connectivity index (χ3n) is 5.64. The van der Waals surface area contributed by atoms with Crippen LogP contribution in [0.4, 0.5) is 0 Å². The summed E-state index contributed by atoms with van der Waals surface area (Å²) in [5.41, 5.74) is 3.30. The molecule has 4 aromatic heterocycles. The van der Waals surface area contributed by atoms with Gasteiger partial charge in [0.2, 0.25) is 0 Å². The molecule has 0 bridgehead atoms. The smallest absolute Gasteiger partial charge is 0.244 e. The summed E-state index contributed by atoms with van der Waals surface area (Å²) in [6, 6.07) is 5.58. The van der Waals surface area contributed by atoms with Crippen molar-refractivity contribution in [1.82, 2.24) is 29.2 Å². The number of thioether (sulfide) groups is 1. The second kappa shape index (κ2) is 7.09. The zero-order valence-electron chi connectivity index (χ0n) is 16.0. The van der Waals surface area contributed by atoms with E-state index in [0.717, 1.165) is 34.0 Å². The van der Waals surface area contributed by atoms with Crippen LogP contribution in [0, 0.1) is 5.92 Å². The second-order valence-corrected chi connectivity index (χ2v) is 10.5. The molecule has 0 aliphatic heterocycles. The van der Waals surface area contributed by atoms with Gasteiger partial charge in [-0.2, -0.15) is 9.61 Å². The molecule has 30 heavy (non-hydrogen) atoms. The van der Waals surface area contributed by atoms with E-state index in [2.05, 4.69) is 31.6 Å². The number of rotatable bonds is 3. The van der Waals surface area contributed by atoms with Gasteiger partial charge in [0, 0.05) is 20.7 Å². The number of hydrogen-bond donors (Lipinski definition) is 0. The lowest BCUT2D eigenvalue weighted by atomic mass is 9.89. The fraction of sp³-hybridized carbons (Fsp3) is 0.300. The van der Waals surface area contributed by atoms with E-state index in [1.807, 2.05) is 23.5 Å². The fourth-order valence-electron chi connectivity index (χ4n) is 4.14. The minimum atomic E-state index is 0.635. The number of benzene rings is 1. The first kappa shape index (κ1) is 18.9. The highest BCUT2D eigenvalue weighted by Gasteiger charge is 2.26. The predicted molar refractivity (Wildman–Crippen MR) is 122 cm³/mol. The summed E-state index contributed by atoms with van der Waals surface area (Å²) in [5.74, 6) is 2.04. The standard InChI is InChI=1S/C20H16Cl2N6S2/c1-10-2-5-15-13(6-10)16-17-23-9-24-28(17)19-25-26-20(27(19)18(16)30-15)29-8-11-3-4-12(21)7-14(11)22/h3-4,7,9-10H,2,5-6,8H2,1H3. The maximum absolute atomic E-state index is 6.37. The van der Waals surface area contributed by atoms with Crippen molar-refractivity contribution in [2.75, 3.05) is 0 Å². The van der Waals surface area contributed by atoms with Crippen molar-refractivity contribution < 1.29 is 0 Å². The first-order valence-electron chi connectivity index (χ1n) is 9.68. The minimum absolute atomic E-state index is 0.635. The number of hydrogen-bond acceptors (Lipinski definition) is 6. The van der Waals surface area contributed by atoms with Crippen molar-refractivity contribution in [3.63, 3.8) is 0 Å².